The van der Waals surface area contributed by atoms with Gasteiger partial charge in [-0.3, -0.25) is 0 Å². The standard InChI is InChI=1S/C8H8FN2O/c1-10-8(12)11-7-4-2-6(9)3-5-7/h2-5H,1H3,(H,11,12). The van der Waals surface area contributed by atoms with Gasteiger partial charge in [0.25, 0.3) is 0 Å². The fraction of sp³-hybridized carbons (Fsp3) is 0.125. The number of hydrogen-bond donors (Lipinski definition) is 1. The van der Waals surface area contributed by atoms with Gasteiger partial charge in [0.2, 0.25) is 0 Å². The number of halogens is 1. The number of hydrogen-bond acceptors (Lipinski definition) is 1. The van der Waals surface area contributed by atoms with E-state index in [-0.39, 0.29) is 5.82 Å². The Morgan fingerprint density at radius 3 is 2.50 bits per heavy atom. The van der Waals surface area contributed by atoms with Gasteiger partial charge in [-0.05, 0) is 24.3 Å². The number of carbonyl (C=O) groups excluding carboxylic acids is 1. The van der Waals surface area contributed by atoms with Crippen LogP contribution >= 0.6 is 0 Å². The second-order valence-corrected chi connectivity index (χ2v) is 2.16. The topological polar surface area (TPSA) is 43.2 Å². The van der Waals surface area contributed by atoms with E-state index in [4.69, 9.17) is 0 Å². The van der Waals surface area contributed by atoms with Crippen molar-refractivity contribution in [2.45, 2.75) is 0 Å². The van der Waals surface area contributed by atoms with Crippen molar-refractivity contribution >= 4 is 11.7 Å². The predicted molar refractivity (Wildman–Crippen MR) is 43.5 cm³/mol. The fourth-order valence-electron chi connectivity index (χ4n) is 0.713. The van der Waals surface area contributed by atoms with Crippen LogP contribution in [0, 0.1) is 5.82 Å². The highest BCUT2D eigenvalue weighted by molar-refractivity contribution is 5.88. The summed E-state index contributed by atoms with van der Waals surface area (Å²) in [7, 11) is 1.39. The molecule has 0 saturated carbocycles. The zero-order chi connectivity index (χ0) is 8.97. The minimum atomic E-state index is -0.443. The molecular formula is C8H8FN2O. The van der Waals surface area contributed by atoms with Crippen LogP contribution in [0.4, 0.5) is 14.9 Å². The molecule has 4 heteroatoms. The van der Waals surface area contributed by atoms with E-state index in [1.165, 1.54) is 31.3 Å². The molecule has 0 bridgehead atoms. The van der Waals surface area contributed by atoms with E-state index in [0.29, 0.717) is 5.69 Å². The molecule has 1 N–H and O–H groups in total. The molecule has 1 radical (unpaired) electrons. The van der Waals surface area contributed by atoms with Crippen molar-refractivity contribution in [3.8, 4) is 0 Å². The van der Waals surface area contributed by atoms with E-state index >= 15 is 0 Å². The van der Waals surface area contributed by atoms with Gasteiger partial charge in [0.1, 0.15) is 5.82 Å². The van der Waals surface area contributed by atoms with Gasteiger partial charge < -0.3 is 5.32 Å². The molecule has 0 aromatic heterocycles. The SMILES string of the molecule is C[N]C(=O)Nc1ccc(F)cc1. The Hall–Kier alpha value is -1.58. The van der Waals surface area contributed by atoms with Crippen molar-refractivity contribution in [2.75, 3.05) is 12.4 Å². The van der Waals surface area contributed by atoms with Gasteiger partial charge in [0, 0.05) is 12.7 Å². The number of amides is 2. The summed E-state index contributed by atoms with van der Waals surface area (Å²) in [5.74, 6) is -0.332. The summed E-state index contributed by atoms with van der Waals surface area (Å²) in [6.45, 7) is 0. The van der Waals surface area contributed by atoms with Crippen LogP contribution in [0.3, 0.4) is 0 Å². The Morgan fingerprint density at radius 2 is 2.00 bits per heavy atom. The highest BCUT2D eigenvalue weighted by Gasteiger charge is 1.98. The highest BCUT2D eigenvalue weighted by Crippen LogP contribution is 2.07. The van der Waals surface area contributed by atoms with Crippen molar-refractivity contribution in [3.05, 3.63) is 30.1 Å². The van der Waals surface area contributed by atoms with Gasteiger partial charge >= 0.3 is 6.03 Å². The second kappa shape index (κ2) is 3.71. The minimum absolute atomic E-state index is 0.332. The second-order valence-electron chi connectivity index (χ2n) is 2.16. The third kappa shape index (κ3) is 2.23. The lowest BCUT2D eigenvalue weighted by Gasteiger charge is -2.01. The first-order valence-electron chi connectivity index (χ1n) is 3.39. The molecular weight excluding hydrogens is 159 g/mol. The molecule has 0 spiro atoms. The van der Waals surface area contributed by atoms with Crippen LogP contribution in [0.25, 0.3) is 0 Å². The summed E-state index contributed by atoms with van der Waals surface area (Å²) < 4.78 is 12.4. The molecule has 1 aromatic rings. The lowest BCUT2D eigenvalue weighted by Crippen LogP contribution is -2.18. The maximum Gasteiger partial charge on any atom is 0.340 e. The Kier molecular flexibility index (Phi) is 2.63. The van der Waals surface area contributed by atoms with E-state index in [2.05, 4.69) is 10.6 Å². The molecule has 0 aliphatic heterocycles. The van der Waals surface area contributed by atoms with Crippen LogP contribution in [0.15, 0.2) is 24.3 Å². The number of carbonyl (C=O) groups is 1. The highest BCUT2D eigenvalue weighted by atomic mass is 19.1. The predicted octanol–water partition coefficient (Wildman–Crippen LogP) is 1.59. The summed E-state index contributed by atoms with van der Waals surface area (Å²) in [6, 6.07) is 5.04. The molecule has 3 nitrogen and oxygen atoms in total. The Balaban J connectivity index is 2.64. The van der Waals surface area contributed by atoms with E-state index in [9.17, 15) is 9.18 Å². The van der Waals surface area contributed by atoms with Crippen molar-refractivity contribution in [2.24, 2.45) is 0 Å². The van der Waals surface area contributed by atoms with E-state index in [1.54, 1.807) is 0 Å². The number of anilines is 1. The largest absolute Gasteiger partial charge is 0.340 e. The van der Waals surface area contributed by atoms with E-state index < -0.39 is 6.03 Å². The van der Waals surface area contributed by atoms with Gasteiger partial charge in [-0.2, -0.15) is 0 Å². The average molecular weight is 167 g/mol. The lowest BCUT2D eigenvalue weighted by molar-refractivity contribution is 0.253. The summed E-state index contributed by atoms with van der Waals surface area (Å²) in [4.78, 5) is 10.7. The molecule has 0 aliphatic rings. The third-order valence-corrected chi connectivity index (χ3v) is 1.30. The van der Waals surface area contributed by atoms with E-state index in [0.717, 1.165) is 0 Å². The van der Waals surface area contributed by atoms with Gasteiger partial charge in [-0.1, -0.05) is 0 Å². The third-order valence-electron chi connectivity index (χ3n) is 1.30. The summed E-state index contributed by atoms with van der Waals surface area (Å²) >= 11 is 0. The van der Waals surface area contributed by atoms with Crippen LogP contribution in [0.2, 0.25) is 0 Å². The lowest BCUT2D eigenvalue weighted by atomic mass is 10.3. The number of urea groups is 1. The quantitative estimate of drug-likeness (QED) is 0.678. The number of nitrogens with one attached hydrogen (secondary N) is 1. The Morgan fingerprint density at radius 1 is 1.42 bits per heavy atom. The first kappa shape index (κ1) is 8.52. The molecule has 1 rings (SSSR count). The summed E-state index contributed by atoms with van der Waals surface area (Å²) in [6.07, 6.45) is 0. The summed E-state index contributed by atoms with van der Waals surface area (Å²) in [5, 5.41) is 5.81. The molecule has 12 heavy (non-hydrogen) atoms. The number of nitrogens with zero attached hydrogens (tertiary/aromatic N) is 1. The zero-order valence-corrected chi connectivity index (χ0v) is 6.54. The van der Waals surface area contributed by atoms with Crippen molar-refractivity contribution in [1.82, 2.24) is 5.32 Å². The van der Waals surface area contributed by atoms with Crippen molar-refractivity contribution in [3.63, 3.8) is 0 Å². The van der Waals surface area contributed by atoms with Crippen LogP contribution < -0.4 is 10.6 Å². The maximum atomic E-state index is 12.4. The zero-order valence-electron chi connectivity index (χ0n) is 6.54. The van der Waals surface area contributed by atoms with Gasteiger partial charge in [-0.25, -0.2) is 14.5 Å². The molecule has 0 atom stereocenters. The van der Waals surface area contributed by atoms with Crippen LogP contribution in [-0.4, -0.2) is 13.1 Å². The van der Waals surface area contributed by atoms with Crippen LogP contribution in [-0.2, 0) is 0 Å². The number of rotatable bonds is 1. The maximum absolute atomic E-state index is 12.4. The van der Waals surface area contributed by atoms with Crippen LogP contribution in [0.5, 0.6) is 0 Å². The van der Waals surface area contributed by atoms with Gasteiger partial charge in [0.15, 0.2) is 0 Å². The fourth-order valence-corrected chi connectivity index (χ4v) is 0.713. The first-order chi connectivity index (χ1) is 5.72. The molecule has 0 saturated heterocycles. The molecule has 0 heterocycles. The van der Waals surface area contributed by atoms with E-state index in [1.807, 2.05) is 0 Å². The molecule has 0 aliphatic carbocycles. The van der Waals surface area contributed by atoms with Gasteiger partial charge in [-0.15, -0.1) is 0 Å². The van der Waals surface area contributed by atoms with Crippen LogP contribution in [0.1, 0.15) is 0 Å². The Bertz CT molecular complexity index is 271. The number of benzene rings is 1. The molecule has 2 amide bonds. The van der Waals surface area contributed by atoms with Crippen molar-refractivity contribution in [1.29, 1.82) is 0 Å². The monoisotopic (exact) mass is 167 g/mol. The van der Waals surface area contributed by atoms with Crippen molar-refractivity contribution < 1.29 is 9.18 Å². The molecule has 63 valence electrons. The molecule has 1 aromatic carbocycles. The minimum Gasteiger partial charge on any atom is -0.306 e. The normalized spacial score (nSPS) is 9.17. The average Bonchev–Trinajstić information content (AvgIpc) is 2.09. The molecule has 0 fully saturated rings. The first-order valence-corrected chi connectivity index (χ1v) is 3.39. The molecule has 0 unspecified atom stereocenters. The van der Waals surface area contributed by atoms with Gasteiger partial charge in [0.05, 0.1) is 0 Å². The smallest absolute Gasteiger partial charge is 0.306 e. The Labute approximate surface area is 69.6 Å². The summed E-state index contributed by atoms with van der Waals surface area (Å²) in [5.41, 5.74) is 0.534.